The second-order valence-electron chi connectivity index (χ2n) is 3.79. The Labute approximate surface area is 91.6 Å². The molecule has 1 aliphatic carbocycles. The zero-order valence-electron chi connectivity index (χ0n) is 8.73. The van der Waals surface area contributed by atoms with Gasteiger partial charge in [-0.05, 0) is 6.92 Å². The molecule has 3 N–H and O–H groups in total. The number of H-pyrrole nitrogens is 1. The predicted molar refractivity (Wildman–Crippen MR) is 59.2 cm³/mol. The molecule has 0 unspecified atom stereocenters. The SMILES string of the molecule is CC1=Cc2c(N)nc(-c3ncn[nH]3)nc2C1. The number of aromatic nitrogens is 5. The van der Waals surface area contributed by atoms with Crippen molar-refractivity contribution in [3.63, 3.8) is 0 Å². The molecule has 2 aromatic rings. The van der Waals surface area contributed by atoms with E-state index in [0.29, 0.717) is 17.5 Å². The Morgan fingerprint density at radius 1 is 1.38 bits per heavy atom. The zero-order valence-corrected chi connectivity index (χ0v) is 8.73. The van der Waals surface area contributed by atoms with Crippen molar-refractivity contribution in [3.8, 4) is 11.6 Å². The van der Waals surface area contributed by atoms with Gasteiger partial charge in [-0.25, -0.2) is 15.0 Å². The zero-order chi connectivity index (χ0) is 11.1. The van der Waals surface area contributed by atoms with E-state index < -0.39 is 0 Å². The number of nitrogens with two attached hydrogens (primary N) is 1. The van der Waals surface area contributed by atoms with Crippen LogP contribution in [0.5, 0.6) is 0 Å². The van der Waals surface area contributed by atoms with Gasteiger partial charge in [-0.2, -0.15) is 5.10 Å². The third-order valence-electron chi connectivity index (χ3n) is 2.52. The molecular formula is C10H10N6. The number of nitrogens with zero attached hydrogens (tertiary/aromatic N) is 4. The summed E-state index contributed by atoms with van der Waals surface area (Å²) in [6, 6.07) is 0. The van der Waals surface area contributed by atoms with E-state index in [9.17, 15) is 0 Å². The summed E-state index contributed by atoms with van der Waals surface area (Å²) in [5.74, 6) is 1.53. The molecule has 0 fully saturated rings. The minimum atomic E-state index is 0.494. The number of anilines is 1. The van der Waals surface area contributed by atoms with Gasteiger partial charge in [0.15, 0.2) is 11.6 Å². The van der Waals surface area contributed by atoms with Crippen LogP contribution >= 0.6 is 0 Å². The molecule has 0 aliphatic heterocycles. The fourth-order valence-electron chi connectivity index (χ4n) is 1.81. The molecule has 0 radical (unpaired) electrons. The van der Waals surface area contributed by atoms with Gasteiger partial charge >= 0.3 is 0 Å². The Morgan fingerprint density at radius 2 is 2.25 bits per heavy atom. The second-order valence-corrected chi connectivity index (χ2v) is 3.79. The summed E-state index contributed by atoms with van der Waals surface area (Å²) in [6.07, 6.45) is 4.27. The van der Waals surface area contributed by atoms with Crippen LogP contribution in [0.1, 0.15) is 18.2 Å². The molecule has 1 aliphatic rings. The fraction of sp³-hybridized carbons (Fsp3) is 0.200. The average Bonchev–Trinajstić information content (AvgIpc) is 2.84. The highest BCUT2D eigenvalue weighted by Crippen LogP contribution is 2.28. The molecule has 0 saturated carbocycles. The molecule has 0 aromatic carbocycles. The van der Waals surface area contributed by atoms with Crippen LogP contribution in [0.4, 0.5) is 5.82 Å². The van der Waals surface area contributed by atoms with Gasteiger partial charge in [-0.1, -0.05) is 11.6 Å². The lowest BCUT2D eigenvalue weighted by molar-refractivity contribution is 1.01. The number of rotatable bonds is 1. The topological polar surface area (TPSA) is 93.4 Å². The number of hydrogen-bond acceptors (Lipinski definition) is 5. The molecule has 2 heterocycles. The Bertz CT molecular complexity index is 569. The number of nitrogen functional groups attached to an aromatic ring is 1. The highest BCUT2D eigenvalue weighted by Gasteiger charge is 2.18. The Morgan fingerprint density at radius 3 is 3.00 bits per heavy atom. The van der Waals surface area contributed by atoms with Crippen LogP contribution in [0, 0.1) is 0 Å². The summed E-state index contributed by atoms with van der Waals surface area (Å²) in [5, 5.41) is 6.49. The summed E-state index contributed by atoms with van der Waals surface area (Å²) in [5.41, 5.74) is 9.01. The maximum absolute atomic E-state index is 5.88. The molecular weight excluding hydrogens is 204 g/mol. The monoisotopic (exact) mass is 214 g/mol. The smallest absolute Gasteiger partial charge is 0.199 e. The Hall–Kier alpha value is -2.24. The second kappa shape index (κ2) is 3.13. The molecule has 0 bridgehead atoms. The van der Waals surface area contributed by atoms with Crippen molar-refractivity contribution in [1.82, 2.24) is 25.1 Å². The maximum atomic E-state index is 5.88. The molecule has 0 atom stereocenters. The van der Waals surface area contributed by atoms with E-state index >= 15 is 0 Å². The molecule has 2 aromatic heterocycles. The minimum Gasteiger partial charge on any atom is -0.383 e. The van der Waals surface area contributed by atoms with E-state index in [1.807, 2.05) is 6.08 Å². The Balaban J connectivity index is 2.14. The van der Waals surface area contributed by atoms with Crippen LogP contribution in [-0.4, -0.2) is 25.1 Å². The van der Waals surface area contributed by atoms with Gasteiger partial charge in [0.25, 0.3) is 0 Å². The summed E-state index contributed by atoms with van der Waals surface area (Å²) < 4.78 is 0. The van der Waals surface area contributed by atoms with Crippen molar-refractivity contribution in [1.29, 1.82) is 0 Å². The van der Waals surface area contributed by atoms with Crippen LogP contribution in [-0.2, 0) is 6.42 Å². The van der Waals surface area contributed by atoms with E-state index in [1.54, 1.807) is 0 Å². The van der Waals surface area contributed by atoms with Gasteiger partial charge < -0.3 is 5.73 Å². The normalized spacial score (nSPS) is 13.7. The lowest BCUT2D eigenvalue weighted by Crippen LogP contribution is -2.03. The first-order valence-corrected chi connectivity index (χ1v) is 4.93. The van der Waals surface area contributed by atoms with E-state index in [-0.39, 0.29) is 0 Å². The van der Waals surface area contributed by atoms with Crippen LogP contribution in [0.15, 0.2) is 11.9 Å². The van der Waals surface area contributed by atoms with Crippen molar-refractivity contribution in [2.75, 3.05) is 5.73 Å². The van der Waals surface area contributed by atoms with Gasteiger partial charge in [-0.15, -0.1) is 0 Å². The number of fused-ring (bicyclic) bond motifs is 1. The average molecular weight is 214 g/mol. The molecule has 6 heteroatoms. The van der Waals surface area contributed by atoms with Gasteiger partial charge in [0, 0.05) is 12.0 Å². The molecule has 6 nitrogen and oxygen atoms in total. The van der Waals surface area contributed by atoms with E-state index in [4.69, 9.17) is 5.73 Å². The van der Waals surface area contributed by atoms with Crippen molar-refractivity contribution >= 4 is 11.9 Å². The fourth-order valence-corrected chi connectivity index (χ4v) is 1.81. The lowest BCUT2D eigenvalue weighted by atomic mass is 10.2. The van der Waals surface area contributed by atoms with Crippen molar-refractivity contribution in [3.05, 3.63) is 23.2 Å². The molecule has 16 heavy (non-hydrogen) atoms. The number of nitrogens with one attached hydrogen (secondary N) is 1. The predicted octanol–water partition coefficient (Wildman–Crippen LogP) is 0.803. The number of allylic oxidation sites excluding steroid dienone is 1. The highest BCUT2D eigenvalue weighted by molar-refractivity contribution is 5.71. The van der Waals surface area contributed by atoms with Crippen LogP contribution in [0.2, 0.25) is 0 Å². The van der Waals surface area contributed by atoms with Crippen LogP contribution < -0.4 is 5.73 Å². The van der Waals surface area contributed by atoms with Crippen molar-refractivity contribution in [2.45, 2.75) is 13.3 Å². The molecule has 0 spiro atoms. The van der Waals surface area contributed by atoms with Crippen molar-refractivity contribution < 1.29 is 0 Å². The van der Waals surface area contributed by atoms with Gasteiger partial charge in [0.2, 0.25) is 0 Å². The largest absolute Gasteiger partial charge is 0.383 e. The quantitative estimate of drug-likeness (QED) is 0.732. The summed E-state index contributed by atoms with van der Waals surface area (Å²) in [6.45, 7) is 2.05. The third kappa shape index (κ3) is 1.27. The van der Waals surface area contributed by atoms with Gasteiger partial charge in [0.1, 0.15) is 12.1 Å². The van der Waals surface area contributed by atoms with Crippen LogP contribution in [0.25, 0.3) is 17.7 Å². The summed E-state index contributed by atoms with van der Waals surface area (Å²) in [4.78, 5) is 12.6. The molecule has 80 valence electrons. The van der Waals surface area contributed by atoms with E-state index in [0.717, 1.165) is 17.7 Å². The number of hydrogen-bond donors (Lipinski definition) is 2. The summed E-state index contributed by atoms with van der Waals surface area (Å²) in [7, 11) is 0. The third-order valence-corrected chi connectivity index (χ3v) is 2.52. The lowest BCUT2D eigenvalue weighted by Gasteiger charge is -2.03. The molecule has 3 rings (SSSR count). The first-order valence-electron chi connectivity index (χ1n) is 4.93. The standard InChI is InChI=1S/C10H10N6/c1-5-2-6-7(3-5)14-10(15-8(6)11)9-12-4-13-16-9/h2,4H,3H2,1H3,(H2,11,14,15)(H,12,13,16). The highest BCUT2D eigenvalue weighted by atomic mass is 15.2. The summed E-state index contributed by atoms with van der Waals surface area (Å²) >= 11 is 0. The van der Waals surface area contributed by atoms with Gasteiger partial charge in [0.05, 0.1) is 5.69 Å². The number of aromatic amines is 1. The Kier molecular flexibility index (Phi) is 1.76. The van der Waals surface area contributed by atoms with Crippen molar-refractivity contribution in [2.24, 2.45) is 0 Å². The minimum absolute atomic E-state index is 0.494. The van der Waals surface area contributed by atoms with Gasteiger partial charge in [-0.3, -0.25) is 5.10 Å². The van der Waals surface area contributed by atoms with E-state index in [2.05, 4.69) is 32.1 Å². The molecule has 0 amide bonds. The van der Waals surface area contributed by atoms with Crippen LogP contribution in [0.3, 0.4) is 0 Å². The first-order chi connectivity index (χ1) is 7.74. The van der Waals surface area contributed by atoms with E-state index in [1.165, 1.54) is 11.9 Å². The maximum Gasteiger partial charge on any atom is 0.199 e. The first kappa shape index (κ1) is 9.02. The molecule has 0 saturated heterocycles.